The van der Waals surface area contributed by atoms with Crippen molar-refractivity contribution in [3.63, 3.8) is 0 Å². The number of rotatable bonds is 7. The van der Waals surface area contributed by atoms with Gasteiger partial charge in [-0.3, -0.25) is 9.59 Å². The van der Waals surface area contributed by atoms with Crippen molar-refractivity contribution in [1.82, 2.24) is 0 Å². The number of ether oxygens (including phenoxy) is 2. The molecule has 1 amide bonds. The molecule has 6 nitrogen and oxygen atoms in total. The first-order valence-electron chi connectivity index (χ1n) is 9.45. The molecule has 0 heterocycles. The Labute approximate surface area is 184 Å². The van der Waals surface area contributed by atoms with Crippen LogP contribution in [-0.4, -0.2) is 30.9 Å². The Morgan fingerprint density at radius 3 is 2.19 bits per heavy atom. The molecule has 0 spiro atoms. The van der Waals surface area contributed by atoms with E-state index in [2.05, 4.69) is 5.32 Å². The number of benzene rings is 3. The maximum absolute atomic E-state index is 12.8. The zero-order valence-electron chi connectivity index (χ0n) is 16.9. The number of hydrogen-bond donors (Lipinski definition) is 1. The third kappa shape index (κ3) is 5.29. The van der Waals surface area contributed by atoms with E-state index in [9.17, 15) is 14.4 Å². The topological polar surface area (TPSA) is 81.7 Å². The number of ketones is 1. The Bertz CT molecular complexity index is 1110. The Hall–Kier alpha value is -3.64. The highest BCUT2D eigenvalue weighted by Crippen LogP contribution is 2.27. The summed E-state index contributed by atoms with van der Waals surface area (Å²) in [5, 5.41) is 2.96. The third-order valence-electron chi connectivity index (χ3n) is 4.50. The van der Waals surface area contributed by atoms with E-state index >= 15 is 0 Å². The normalized spacial score (nSPS) is 11.3. The summed E-state index contributed by atoms with van der Waals surface area (Å²) in [6.07, 6.45) is -1.10. The lowest BCUT2D eigenvalue weighted by molar-refractivity contribution is -0.123. The molecule has 3 aromatic carbocycles. The van der Waals surface area contributed by atoms with Crippen LogP contribution in [0, 0.1) is 0 Å². The molecule has 31 heavy (non-hydrogen) atoms. The van der Waals surface area contributed by atoms with Gasteiger partial charge in [0.25, 0.3) is 5.91 Å². The molecule has 3 rings (SSSR count). The summed E-state index contributed by atoms with van der Waals surface area (Å²) < 4.78 is 10.4. The molecule has 1 unspecified atom stereocenters. The highest BCUT2D eigenvalue weighted by molar-refractivity contribution is 6.32. The quantitative estimate of drug-likeness (QED) is 0.425. The van der Waals surface area contributed by atoms with Crippen LogP contribution in [0.2, 0.25) is 5.02 Å². The molecule has 158 valence electrons. The van der Waals surface area contributed by atoms with Gasteiger partial charge in [-0.15, -0.1) is 0 Å². The predicted molar refractivity (Wildman–Crippen MR) is 118 cm³/mol. The second-order valence-electron chi connectivity index (χ2n) is 6.63. The minimum atomic E-state index is -1.10. The Balaban J connectivity index is 1.72. The molecular formula is C24H20ClNO5. The molecule has 7 heteroatoms. The van der Waals surface area contributed by atoms with Crippen LogP contribution in [0.3, 0.4) is 0 Å². The van der Waals surface area contributed by atoms with Crippen LogP contribution < -0.4 is 10.1 Å². The van der Waals surface area contributed by atoms with Gasteiger partial charge < -0.3 is 14.8 Å². The highest BCUT2D eigenvalue weighted by atomic mass is 35.5. The average molecular weight is 438 g/mol. The van der Waals surface area contributed by atoms with Gasteiger partial charge in [0.1, 0.15) is 5.75 Å². The summed E-state index contributed by atoms with van der Waals surface area (Å²) >= 11 is 6.06. The minimum Gasteiger partial charge on any atom is -0.495 e. The molecule has 0 fully saturated rings. The van der Waals surface area contributed by atoms with Crippen molar-refractivity contribution >= 4 is 34.9 Å². The van der Waals surface area contributed by atoms with Gasteiger partial charge >= 0.3 is 5.97 Å². The van der Waals surface area contributed by atoms with Gasteiger partial charge in [0.05, 0.1) is 17.7 Å². The molecule has 0 aliphatic carbocycles. The Kier molecular flexibility index (Phi) is 7.05. The van der Waals surface area contributed by atoms with Gasteiger partial charge in [0, 0.05) is 16.8 Å². The Morgan fingerprint density at radius 1 is 0.903 bits per heavy atom. The standard InChI is InChI=1S/C24H20ClNO5/c1-15(23(28)26-17-12-13-21(30-2)20(25)14-17)31-24(29)19-11-7-6-10-18(19)22(27)16-8-4-3-5-9-16/h3-15H,1-2H3,(H,26,28). The maximum atomic E-state index is 12.8. The summed E-state index contributed by atoms with van der Waals surface area (Å²) in [6, 6.07) is 19.7. The monoisotopic (exact) mass is 437 g/mol. The number of esters is 1. The SMILES string of the molecule is COc1ccc(NC(=O)C(C)OC(=O)c2ccccc2C(=O)c2ccccc2)cc1Cl. The predicted octanol–water partition coefficient (Wildman–Crippen LogP) is 4.76. The molecule has 0 aliphatic heterocycles. The van der Waals surface area contributed by atoms with E-state index in [-0.39, 0.29) is 16.9 Å². The molecule has 0 aliphatic rings. The smallest absolute Gasteiger partial charge is 0.339 e. The van der Waals surface area contributed by atoms with E-state index in [1.165, 1.54) is 26.2 Å². The van der Waals surface area contributed by atoms with Crippen LogP contribution in [0.25, 0.3) is 0 Å². The van der Waals surface area contributed by atoms with Gasteiger partial charge in [0.2, 0.25) is 0 Å². The van der Waals surface area contributed by atoms with Crippen molar-refractivity contribution in [1.29, 1.82) is 0 Å². The molecule has 0 saturated carbocycles. The summed E-state index contributed by atoms with van der Waals surface area (Å²) in [4.78, 5) is 38.0. The average Bonchev–Trinajstić information content (AvgIpc) is 2.79. The third-order valence-corrected chi connectivity index (χ3v) is 4.80. The summed E-state index contributed by atoms with van der Waals surface area (Å²) in [5.41, 5.74) is 1.17. The molecule has 0 radical (unpaired) electrons. The van der Waals surface area contributed by atoms with Gasteiger partial charge in [0.15, 0.2) is 11.9 Å². The highest BCUT2D eigenvalue weighted by Gasteiger charge is 2.23. The van der Waals surface area contributed by atoms with Gasteiger partial charge in [-0.2, -0.15) is 0 Å². The van der Waals surface area contributed by atoms with Crippen LogP contribution in [0.15, 0.2) is 72.8 Å². The van der Waals surface area contributed by atoms with E-state index in [0.29, 0.717) is 22.0 Å². The van der Waals surface area contributed by atoms with E-state index in [4.69, 9.17) is 21.1 Å². The first-order chi connectivity index (χ1) is 14.9. The fourth-order valence-electron chi connectivity index (χ4n) is 2.87. The second kappa shape index (κ2) is 9.91. The summed E-state index contributed by atoms with van der Waals surface area (Å²) in [5.74, 6) is -1.14. The second-order valence-corrected chi connectivity index (χ2v) is 7.03. The van der Waals surface area contributed by atoms with E-state index in [1.54, 1.807) is 60.7 Å². The molecular weight excluding hydrogens is 418 g/mol. The number of halogens is 1. The zero-order valence-corrected chi connectivity index (χ0v) is 17.7. The molecule has 0 saturated heterocycles. The number of methoxy groups -OCH3 is 1. The molecule has 1 atom stereocenters. The maximum Gasteiger partial charge on any atom is 0.339 e. The van der Waals surface area contributed by atoms with Crippen molar-refractivity contribution in [2.24, 2.45) is 0 Å². The van der Waals surface area contributed by atoms with Crippen LogP contribution in [-0.2, 0) is 9.53 Å². The van der Waals surface area contributed by atoms with Gasteiger partial charge in [-0.1, -0.05) is 60.1 Å². The number of nitrogens with one attached hydrogen (secondary N) is 1. The van der Waals surface area contributed by atoms with Crippen molar-refractivity contribution in [3.05, 3.63) is 94.5 Å². The summed E-state index contributed by atoms with van der Waals surface area (Å²) in [6.45, 7) is 1.44. The molecule has 1 N–H and O–H groups in total. The molecule has 0 aromatic heterocycles. The minimum absolute atomic E-state index is 0.0866. The van der Waals surface area contributed by atoms with E-state index in [0.717, 1.165) is 0 Å². The molecule has 3 aromatic rings. The number of anilines is 1. The van der Waals surface area contributed by atoms with E-state index < -0.39 is 18.0 Å². The van der Waals surface area contributed by atoms with Crippen LogP contribution >= 0.6 is 11.6 Å². The van der Waals surface area contributed by atoms with Crippen molar-refractivity contribution in [3.8, 4) is 5.75 Å². The van der Waals surface area contributed by atoms with Crippen molar-refractivity contribution in [2.45, 2.75) is 13.0 Å². The lowest BCUT2D eigenvalue weighted by Gasteiger charge is -2.15. The fraction of sp³-hybridized carbons (Fsp3) is 0.125. The van der Waals surface area contributed by atoms with Crippen molar-refractivity contribution in [2.75, 3.05) is 12.4 Å². The first-order valence-corrected chi connectivity index (χ1v) is 9.82. The van der Waals surface area contributed by atoms with Crippen LogP contribution in [0.5, 0.6) is 5.75 Å². The van der Waals surface area contributed by atoms with Gasteiger partial charge in [-0.25, -0.2) is 4.79 Å². The largest absolute Gasteiger partial charge is 0.495 e. The van der Waals surface area contributed by atoms with Crippen LogP contribution in [0.1, 0.15) is 33.2 Å². The zero-order chi connectivity index (χ0) is 22.4. The number of carbonyl (C=O) groups excluding carboxylic acids is 3. The first kappa shape index (κ1) is 22.1. The summed E-state index contributed by atoms with van der Waals surface area (Å²) in [7, 11) is 1.49. The lowest BCUT2D eigenvalue weighted by atomic mass is 9.98. The molecule has 0 bridgehead atoms. The number of carbonyl (C=O) groups is 3. The fourth-order valence-corrected chi connectivity index (χ4v) is 3.13. The van der Waals surface area contributed by atoms with Crippen LogP contribution in [0.4, 0.5) is 5.69 Å². The number of hydrogen-bond acceptors (Lipinski definition) is 5. The van der Waals surface area contributed by atoms with Crippen molar-refractivity contribution < 1.29 is 23.9 Å². The number of amides is 1. The Morgan fingerprint density at radius 2 is 1.55 bits per heavy atom. The van der Waals surface area contributed by atoms with Gasteiger partial charge in [-0.05, 0) is 31.2 Å². The lowest BCUT2D eigenvalue weighted by Crippen LogP contribution is -2.30. The van der Waals surface area contributed by atoms with E-state index in [1.807, 2.05) is 0 Å².